The third-order valence-corrected chi connectivity index (χ3v) is 6.68. The number of carbonyl (C=O) groups excluding carboxylic acids is 1. The highest BCUT2D eigenvalue weighted by atomic mass is 32.2. The molecule has 0 spiro atoms. The maximum absolute atomic E-state index is 15.0. The number of halogens is 2. The number of fused-ring (bicyclic) bond motifs is 1. The molecule has 3 N–H and O–H groups in total. The largest absolute Gasteiger partial charge is 0.373 e. The smallest absolute Gasteiger partial charge is 0.257 e. The van der Waals surface area contributed by atoms with Crippen LogP contribution in [0.25, 0.3) is 0 Å². The fourth-order valence-electron chi connectivity index (χ4n) is 3.98. The summed E-state index contributed by atoms with van der Waals surface area (Å²) in [4.78, 5) is 17.4. The molecular formula is C22H23F2N3O2S. The van der Waals surface area contributed by atoms with Crippen LogP contribution >= 0.6 is 11.8 Å². The predicted molar refractivity (Wildman–Crippen MR) is 114 cm³/mol. The lowest BCUT2D eigenvalue weighted by Gasteiger charge is -2.46. The molecular weight excluding hydrogens is 408 g/mol. The highest BCUT2D eigenvalue weighted by Crippen LogP contribution is 2.47. The number of nitrogens with zero attached hydrogens (tertiary/aromatic N) is 1. The summed E-state index contributed by atoms with van der Waals surface area (Å²) >= 11 is 1.39. The van der Waals surface area contributed by atoms with Crippen molar-refractivity contribution in [2.45, 2.75) is 24.6 Å². The van der Waals surface area contributed by atoms with Gasteiger partial charge in [0.05, 0.1) is 12.7 Å². The molecule has 158 valence electrons. The first kappa shape index (κ1) is 21.0. The molecule has 2 aromatic carbocycles. The summed E-state index contributed by atoms with van der Waals surface area (Å²) in [5.41, 5.74) is 6.38. The molecule has 0 radical (unpaired) electrons. The van der Waals surface area contributed by atoms with Crippen molar-refractivity contribution in [2.24, 2.45) is 16.6 Å². The van der Waals surface area contributed by atoms with Crippen LogP contribution in [0, 0.1) is 11.7 Å². The third kappa shape index (κ3) is 3.99. The lowest BCUT2D eigenvalue weighted by atomic mass is 9.74. The third-order valence-electron chi connectivity index (χ3n) is 5.65. The van der Waals surface area contributed by atoms with E-state index >= 15 is 0 Å². The molecule has 1 fully saturated rings. The number of benzene rings is 2. The first-order valence-corrected chi connectivity index (χ1v) is 10.8. The van der Waals surface area contributed by atoms with E-state index in [0.717, 1.165) is 5.56 Å². The number of carbonyl (C=O) groups is 1. The minimum Gasteiger partial charge on any atom is -0.373 e. The number of alkyl halides is 1. The molecule has 8 heteroatoms. The summed E-state index contributed by atoms with van der Waals surface area (Å²) < 4.78 is 34.0. The average molecular weight is 432 g/mol. The fourth-order valence-corrected chi connectivity index (χ4v) is 5.15. The Bertz CT molecular complexity index is 957. The molecule has 1 amide bonds. The molecule has 0 unspecified atom stereocenters. The molecule has 2 aromatic rings. The van der Waals surface area contributed by atoms with Gasteiger partial charge in [0, 0.05) is 29.3 Å². The number of ether oxygens (including phenoxy) is 1. The van der Waals surface area contributed by atoms with Crippen LogP contribution < -0.4 is 11.1 Å². The van der Waals surface area contributed by atoms with Crippen molar-refractivity contribution in [3.8, 4) is 0 Å². The van der Waals surface area contributed by atoms with Gasteiger partial charge in [-0.1, -0.05) is 36.0 Å². The summed E-state index contributed by atoms with van der Waals surface area (Å²) in [6, 6.07) is 13.5. The number of thioether (sulfide) groups is 1. The fraction of sp³-hybridized carbons (Fsp3) is 0.364. The molecule has 0 saturated carbocycles. The Morgan fingerprint density at radius 3 is 2.83 bits per heavy atom. The highest BCUT2D eigenvalue weighted by molar-refractivity contribution is 8.13. The lowest BCUT2D eigenvalue weighted by molar-refractivity contribution is -0.0653. The van der Waals surface area contributed by atoms with Crippen molar-refractivity contribution in [3.63, 3.8) is 0 Å². The van der Waals surface area contributed by atoms with Gasteiger partial charge in [-0.3, -0.25) is 4.79 Å². The van der Waals surface area contributed by atoms with E-state index in [2.05, 4.69) is 5.32 Å². The van der Waals surface area contributed by atoms with Gasteiger partial charge in [-0.25, -0.2) is 13.8 Å². The van der Waals surface area contributed by atoms with Crippen LogP contribution in [-0.4, -0.2) is 36.2 Å². The molecule has 2 heterocycles. The lowest BCUT2D eigenvalue weighted by Crippen LogP contribution is -2.51. The Morgan fingerprint density at radius 2 is 2.10 bits per heavy atom. The van der Waals surface area contributed by atoms with E-state index < -0.39 is 24.1 Å². The number of nitrogens with two attached hydrogens (primary N) is 1. The van der Waals surface area contributed by atoms with Crippen LogP contribution in [0.1, 0.15) is 27.9 Å². The zero-order chi connectivity index (χ0) is 21.1. The minimum absolute atomic E-state index is 0.0441. The van der Waals surface area contributed by atoms with Gasteiger partial charge < -0.3 is 15.8 Å². The van der Waals surface area contributed by atoms with Crippen molar-refractivity contribution in [1.82, 2.24) is 5.32 Å². The van der Waals surface area contributed by atoms with E-state index in [0.29, 0.717) is 28.5 Å². The van der Waals surface area contributed by atoms with E-state index in [1.807, 2.05) is 6.07 Å². The van der Waals surface area contributed by atoms with Crippen LogP contribution in [0.4, 0.5) is 8.78 Å². The molecule has 5 nitrogen and oxygen atoms in total. The molecule has 1 saturated heterocycles. The quantitative estimate of drug-likeness (QED) is 0.778. The first-order valence-electron chi connectivity index (χ1n) is 9.81. The van der Waals surface area contributed by atoms with E-state index in [-0.39, 0.29) is 25.0 Å². The number of amides is 1. The van der Waals surface area contributed by atoms with Gasteiger partial charge in [-0.2, -0.15) is 0 Å². The SMILES string of the molecule is NCc1ccc(F)c([C@]23CO[C@@H](CF)C[C@H]2CSC(NC(=O)c2ccccc2)=N3)c1. The van der Waals surface area contributed by atoms with Gasteiger partial charge in [0.1, 0.15) is 18.0 Å². The zero-order valence-electron chi connectivity index (χ0n) is 16.3. The second-order valence-corrected chi connectivity index (χ2v) is 8.52. The number of rotatable bonds is 4. The van der Waals surface area contributed by atoms with Gasteiger partial charge in [0.15, 0.2) is 5.17 Å². The first-order chi connectivity index (χ1) is 14.6. The monoisotopic (exact) mass is 431 g/mol. The van der Waals surface area contributed by atoms with Crippen molar-refractivity contribution in [2.75, 3.05) is 19.0 Å². The van der Waals surface area contributed by atoms with Crippen molar-refractivity contribution >= 4 is 22.8 Å². The van der Waals surface area contributed by atoms with Crippen LogP contribution in [0.3, 0.4) is 0 Å². The highest BCUT2D eigenvalue weighted by Gasteiger charge is 2.49. The standard InChI is InChI=1S/C22H23F2N3O2S/c23-10-17-9-16-12-30-21(26-20(28)15-4-2-1-3-5-15)27-22(16,13-29-17)18-8-14(11-25)6-7-19(18)24/h1-8,16-17H,9-13,25H2,(H,26,27,28)/t16-,17+,22-/m0/s1. The van der Waals surface area contributed by atoms with Gasteiger partial charge in [-0.05, 0) is 36.2 Å². The van der Waals surface area contributed by atoms with Gasteiger partial charge in [0.2, 0.25) is 0 Å². The van der Waals surface area contributed by atoms with Crippen molar-refractivity contribution < 1.29 is 18.3 Å². The molecule has 0 aromatic heterocycles. The summed E-state index contributed by atoms with van der Waals surface area (Å²) in [5, 5.41) is 3.24. The van der Waals surface area contributed by atoms with Gasteiger partial charge in [-0.15, -0.1) is 0 Å². The molecule has 0 aliphatic carbocycles. The minimum atomic E-state index is -1.04. The van der Waals surface area contributed by atoms with Crippen LogP contribution in [0.2, 0.25) is 0 Å². The molecule has 2 aliphatic heterocycles. The number of hydrogen-bond donors (Lipinski definition) is 2. The van der Waals surface area contributed by atoms with Gasteiger partial charge >= 0.3 is 0 Å². The van der Waals surface area contributed by atoms with Crippen LogP contribution in [0.5, 0.6) is 0 Å². The van der Waals surface area contributed by atoms with E-state index in [1.165, 1.54) is 17.8 Å². The summed E-state index contributed by atoms with van der Waals surface area (Å²) in [7, 11) is 0. The van der Waals surface area contributed by atoms with E-state index in [9.17, 15) is 13.6 Å². The number of aliphatic imine (C=N–C) groups is 1. The second-order valence-electron chi connectivity index (χ2n) is 7.51. The molecule has 3 atom stereocenters. The Hall–Kier alpha value is -2.29. The topological polar surface area (TPSA) is 76.7 Å². The average Bonchev–Trinajstić information content (AvgIpc) is 2.79. The normalized spacial score (nSPS) is 25.9. The number of hydrogen-bond acceptors (Lipinski definition) is 5. The Balaban J connectivity index is 1.72. The second kappa shape index (κ2) is 8.83. The molecule has 0 bridgehead atoms. The van der Waals surface area contributed by atoms with E-state index in [1.54, 1.807) is 36.4 Å². The summed E-state index contributed by atoms with van der Waals surface area (Å²) in [6.45, 7) is -0.287. The Kier molecular flexibility index (Phi) is 6.17. The molecule has 2 aliphatic rings. The van der Waals surface area contributed by atoms with Gasteiger partial charge in [0.25, 0.3) is 5.91 Å². The molecule has 4 rings (SSSR count). The van der Waals surface area contributed by atoms with Crippen LogP contribution in [-0.2, 0) is 16.8 Å². The summed E-state index contributed by atoms with van der Waals surface area (Å²) in [5.74, 6) is -0.258. The number of amidine groups is 1. The maximum Gasteiger partial charge on any atom is 0.257 e. The van der Waals surface area contributed by atoms with E-state index in [4.69, 9.17) is 15.5 Å². The summed E-state index contributed by atoms with van der Waals surface area (Å²) in [6.07, 6.45) is -0.0979. The van der Waals surface area contributed by atoms with Crippen molar-refractivity contribution in [1.29, 1.82) is 0 Å². The van der Waals surface area contributed by atoms with Crippen molar-refractivity contribution in [3.05, 3.63) is 71.0 Å². The number of nitrogens with one attached hydrogen (secondary N) is 1. The zero-order valence-corrected chi connectivity index (χ0v) is 17.1. The Morgan fingerprint density at radius 1 is 1.30 bits per heavy atom. The Labute approximate surface area is 178 Å². The van der Waals surface area contributed by atoms with Crippen LogP contribution in [0.15, 0.2) is 53.5 Å². The predicted octanol–water partition coefficient (Wildman–Crippen LogP) is 3.39. The maximum atomic E-state index is 15.0. The molecule has 30 heavy (non-hydrogen) atoms.